The van der Waals surface area contributed by atoms with E-state index < -0.39 is 17.6 Å². The highest BCUT2D eigenvalue weighted by Gasteiger charge is 2.31. The molecular formula is C20H26F3N3O. The average molecular weight is 381 g/mol. The topological polar surface area (TPSA) is 39.3 Å². The third-order valence-electron chi connectivity index (χ3n) is 4.39. The second-order valence-corrected chi connectivity index (χ2v) is 7.63. The van der Waals surface area contributed by atoms with E-state index in [9.17, 15) is 18.0 Å². The lowest BCUT2D eigenvalue weighted by molar-refractivity contribution is -0.137. The van der Waals surface area contributed by atoms with Crippen LogP contribution in [0.25, 0.3) is 0 Å². The molecule has 0 N–H and O–H groups in total. The number of aromatic nitrogens is 2. The molecule has 1 aromatic heterocycles. The van der Waals surface area contributed by atoms with Gasteiger partial charge in [-0.05, 0) is 24.6 Å². The van der Waals surface area contributed by atoms with Crippen molar-refractivity contribution in [1.29, 1.82) is 0 Å². The fraction of sp³-hybridized carbons (Fsp3) is 0.500. The fourth-order valence-corrected chi connectivity index (χ4v) is 2.94. The molecule has 1 heterocycles. The van der Waals surface area contributed by atoms with Gasteiger partial charge in [0, 0.05) is 36.3 Å². The number of hydrogen-bond donors (Lipinski definition) is 0. The van der Waals surface area contributed by atoms with Crippen molar-refractivity contribution in [2.75, 3.05) is 0 Å². The van der Waals surface area contributed by atoms with Gasteiger partial charge in [-0.1, -0.05) is 40.2 Å². The quantitative estimate of drug-likeness (QED) is 0.758. The number of carbonyl (C=O) groups excluding carboxylic acids is 1. The van der Waals surface area contributed by atoms with Crippen LogP contribution in [0.2, 0.25) is 0 Å². The molecule has 0 aliphatic heterocycles. The Morgan fingerprint density at radius 3 is 2.37 bits per heavy atom. The second-order valence-electron chi connectivity index (χ2n) is 7.63. The van der Waals surface area contributed by atoms with E-state index >= 15 is 0 Å². The van der Waals surface area contributed by atoms with E-state index in [1.165, 1.54) is 12.1 Å². The molecule has 0 saturated carbocycles. The molecule has 0 bridgehead atoms. The summed E-state index contributed by atoms with van der Waals surface area (Å²) in [6.07, 6.45) is -2.61. The largest absolute Gasteiger partial charge is 0.416 e. The van der Waals surface area contributed by atoms with Crippen molar-refractivity contribution >= 4 is 5.91 Å². The molecule has 148 valence electrons. The molecule has 0 saturated heterocycles. The number of benzene rings is 1. The molecule has 0 unspecified atom stereocenters. The van der Waals surface area contributed by atoms with E-state index in [-0.39, 0.29) is 11.0 Å². The number of nitrogens with zero attached hydrogens (tertiary/aromatic N) is 3. The lowest BCUT2D eigenvalue weighted by Crippen LogP contribution is -2.25. The molecule has 4 nitrogen and oxygen atoms in total. The first-order valence-corrected chi connectivity index (χ1v) is 8.98. The molecule has 1 amide bonds. The molecular weight excluding hydrogens is 355 g/mol. The van der Waals surface area contributed by atoms with Gasteiger partial charge < -0.3 is 0 Å². The Hall–Kier alpha value is -2.31. The van der Waals surface area contributed by atoms with Gasteiger partial charge in [-0.2, -0.15) is 18.2 Å². The predicted molar refractivity (Wildman–Crippen MR) is 98.3 cm³/mol. The Labute approximate surface area is 157 Å². The van der Waals surface area contributed by atoms with E-state index in [0.717, 1.165) is 30.7 Å². The highest BCUT2D eigenvalue weighted by Crippen LogP contribution is 2.29. The van der Waals surface area contributed by atoms with Gasteiger partial charge in [-0.3, -0.25) is 14.2 Å². The van der Waals surface area contributed by atoms with Crippen LogP contribution >= 0.6 is 0 Å². The molecule has 0 fully saturated rings. The van der Waals surface area contributed by atoms with E-state index in [4.69, 9.17) is 0 Å². The number of unbranched alkanes of at least 4 members (excludes halogenated alkanes) is 1. The van der Waals surface area contributed by atoms with Gasteiger partial charge in [0.15, 0.2) is 5.49 Å². The Morgan fingerprint density at radius 1 is 1.15 bits per heavy atom. The molecule has 27 heavy (non-hydrogen) atoms. The minimum Gasteiger partial charge on any atom is -0.291 e. The summed E-state index contributed by atoms with van der Waals surface area (Å²) in [4.78, 5) is 16.7. The van der Waals surface area contributed by atoms with Crippen LogP contribution in [0.1, 0.15) is 62.2 Å². The highest BCUT2D eigenvalue weighted by molar-refractivity contribution is 5.95. The number of rotatable bonds is 4. The molecule has 0 atom stereocenters. The van der Waals surface area contributed by atoms with Crippen molar-refractivity contribution in [2.45, 2.75) is 58.7 Å². The number of carbonyl (C=O) groups is 1. The van der Waals surface area contributed by atoms with Gasteiger partial charge in [-0.25, -0.2) is 0 Å². The van der Waals surface area contributed by atoms with Crippen molar-refractivity contribution in [1.82, 2.24) is 9.36 Å². The van der Waals surface area contributed by atoms with Crippen molar-refractivity contribution < 1.29 is 18.0 Å². The Bertz CT molecular complexity index is 883. The van der Waals surface area contributed by atoms with E-state index in [1.54, 1.807) is 0 Å². The van der Waals surface area contributed by atoms with Crippen LogP contribution in [-0.2, 0) is 25.2 Å². The zero-order chi connectivity index (χ0) is 20.4. The van der Waals surface area contributed by atoms with E-state index in [2.05, 4.69) is 32.7 Å². The first-order chi connectivity index (χ1) is 12.4. The van der Waals surface area contributed by atoms with Gasteiger partial charge in [0.2, 0.25) is 0 Å². The van der Waals surface area contributed by atoms with Crippen LogP contribution in [0.5, 0.6) is 0 Å². The van der Waals surface area contributed by atoms with Gasteiger partial charge in [0.05, 0.1) is 5.56 Å². The summed E-state index contributed by atoms with van der Waals surface area (Å²) in [7, 11) is 1.91. The third-order valence-corrected chi connectivity index (χ3v) is 4.39. The summed E-state index contributed by atoms with van der Waals surface area (Å²) in [5.41, 5.74) is 0.363. The number of hydrogen-bond acceptors (Lipinski definition) is 1. The molecule has 0 aliphatic carbocycles. The van der Waals surface area contributed by atoms with Gasteiger partial charge in [-0.15, -0.1) is 0 Å². The predicted octanol–water partition coefficient (Wildman–Crippen LogP) is 4.68. The normalized spacial score (nSPS) is 13.3. The lowest BCUT2D eigenvalue weighted by Gasteiger charge is -2.20. The molecule has 0 radical (unpaired) electrons. The maximum atomic E-state index is 12.9. The number of alkyl halides is 3. The summed E-state index contributed by atoms with van der Waals surface area (Å²) < 4.78 is 42.6. The zero-order valence-corrected chi connectivity index (χ0v) is 16.4. The molecule has 0 spiro atoms. The Balaban J connectivity index is 2.53. The van der Waals surface area contributed by atoms with Crippen molar-refractivity contribution in [3.05, 3.63) is 52.6 Å². The molecule has 2 rings (SSSR count). The third kappa shape index (κ3) is 4.90. The minimum atomic E-state index is -4.50. The molecule has 1 aromatic carbocycles. The second kappa shape index (κ2) is 7.74. The number of amides is 1. The Kier molecular flexibility index (Phi) is 6.02. The van der Waals surface area contributed by atoms with Crippen LogP contribution in [-0.4, -0.2) is 15.3 Å². The van der Waals surface area contributed by atoms with Gasteiger partial charge in [0.25, 0.3) is 5.91 Å². The standard InChI is InChI=1S/C20H26F3N3O/c1-6-7-11-26-17(13-16(25(26)5)19(2,3)4)24-18(27)14-9-8-10-15(12-14)20(21,22)23/h8-10,12-13H,6-7,11H2,1-5H3/b24-17+. The van der Waals surface area contributed by atoms with E-state index in [0.29, 0.717) is 12.0 Å². The Morgan fingerprint density at radius 2 is 1.81 bits per heavy atom. The number of halogens is 3. The van der Waals surface area contributed by atoms with Crippen LogP contribution in [0, 0.1) is 0 Å². The van der Waals surface area contributed by atoms with Crippen molar-refractivity contribution in [3.63, 3.8) is 0 Å². The van der Waals surface area contributed by atoms with Crippen LogP contribution in [0.15, 0.2) is 35.3 Å². The van der Waals surface area contributed by atoms with Crippen LogP contribution in [0.3, 0.4) is 0 Å². The summed E-state index contributed by atoms with van der Waals surface area (Å²) in [5.74, 6) is -0.683. The summed E-state index contributed by atoms with van der Waals surface area (Å²) in [6.45, 7) is 8.93. The van der Waals surface area contributed by atoms with Gasteiger partial charge in [0.1, 0.15) is 0 Å². The molecule has 2 aromatic rings. The summed E-state index contributed by atoms with van der Waals surface area (Å²) in [5, 5.41) is 0. The van der Waals surface area contributed by atoms with Crippen LogP contribution < -0.4 is 5.49 Å². The highest BCUT2D eigenvalue weighted by atomic mass is 19.4. The van der Waals surface area contributed by atoms with E-state index in [1.807, 2.05) is 22.5 Å². The smallest absolute Gasteiger partial charge is 0.291 e. The van der Waals surface area contributed by atoms with Crippen LogP contribution in [0.4, 0.5) is 13.2 Å². The maximum Gasteiger partial charge on any atom is 0.416 e. The molecule has 0 aliphatic rings. The first-order valence-electron chi connectivity index (χ1n) is 8.98. The SMILES string of the molecule is CCCCn1/c(=N/C(=O)c2cccc(C(F)(F)F)c2)cc(C(C)(C)C)n1C. The monoisotopic (exact) mass is 381 g/mol. The average Bonchev–Trinajstić information content (AvgIpc) is 2.88. The minimum absolute atomic E-state index is 0.0759. The van der Waals surface area contributed by atoms with Crippen molar-refractivity contribution in [3.8, 4) is 0 Å². The summed E-state index contributed by atoms with van der Waals surface area (Å²) >= 11 is 0. The molecule has 7 heteroatoms. The fourth-order valence-electron chi connectivity index (χ4n) is 2.94. The van der Waals surface area contributed by atoms with Gasteiger partial charge >= 0.3 is 6.18 Å². The first kappa shape index (κ1) is 21.0. The zero-order valence-electron chi connectivity index (χ0n) is 16.4. The lowest BCUT2D eigenvalue weighted by atomic mass is 9.92. The maximum absolute atomic E-state index is 12.9. The summed E-state index contributed by atoms with van der Waals surface area (Å²) in [6, 6.07) is 6.20. The van der Waals surface area contributed by atoms with Crippen molar-refractivity contribution in [2.24, 2.45) is 12.0 Å².